The van der Waals surface area contributed by atoms with E-state index in [1.54, 1.807) is 13.2 Å². The first-order chi connectivity index (χ1) is 14.2. The lowest BCUT2D eigenvalue weighted by molar-refractivity contribution is -0.0494. The van der Waals surface area contributed by atoms with E-state index in [1.807, 2.05) is 30.3 Å². The second-order valence-electron chi connectivity index (χ2n) is 7.01. The summed E-state index contributed by atoms with van der Waals surface area (Å²) in [6, 6.07) is 9.74. The van der Waals surface area contributed by atoms with Crippen molar-refractivity contribution in [2.45, 2.75) is 30.8 Å². The van der Waals surface area contributed by atoms with E-state index in [0.29, 0.717) is 16.8 Å². The van der Waals surface area contributed by atoms with Crippen LogP contribution in [0.1, 0.15) is 18.4 Å². The van der Waals surface area contributed by atoms with Crippen LogP contribution in [0.2, 0.25) is 0 Å². The first kappa shape index (κ1) is 25.6. The van der Waals surface area contributed by atoms with Gasteiger partial charge in [0.1, 0.15) is 0 Å². The Morgan fingerprint density at radius 3 is 2.55 bits per heavy atom. The lowest BCUT2D eigenvalue weighted by Gasteiger charge is -2.32. The fourth-order valence-electron chi connectivity index (χ4n) is 3.46. The summed E-state index contributed by atoms with van der Waals surface area (Å²) >= 11 is 0. The van der Waals surface area contributed by atoms with Gasteiger partial charge in [-0.3, -0.25) is 9.98 Å². The molecule has 0 radical (unpaired) electrons. The first-order valence-electron chi connectivity index (χ1n) is 9.58. The van der Waals surface area contributed by atoms with Crippen LogP contribution in [-0.4, -0.2) is 61.9 Å². The molecule has 0 aliphatic carbocycles. The van der Waals surface area contributed by atoms with Crippen LogP contribution in [0.4, 0.5) is 13.2 Å². The minimum absolute atomic E-state index is 0. The molecule has 0 unspecified atom stereocenters. The maximum Gasteiger partial charge on any atom is 0.511 e. The highest BCUT2D eigenvalue weighted by atomic mass is 127. The summed E-state index contributed by atoms with van der Waals surface area (Å²) < 4.78 is 61.5. The number of piperidine rings is 1. The molecule has 2 heterocycles. The molecule has 1 aromatic heterocycles. The number of hydrogen-bond donors (Lipinski definition) is 2. The van der Waals surface area contributed by atoms with E-state index in [9.17, 15) is 21.6 Å². The van der Waals surface area contributed by atoms with Gasteiger partial charge in [0.15, 0.2) is 5.96 Å². The van der Waals surface area contributed by atoms with Crippen LogP contribution in [0.3, 0.4) is 0 Å². The second-order valence-corrected chi connectivity index (χ2v) is 8.94. The van der Waals surface area contributed by atoms with Crippen molar-refractivity contribution in [3.63, 3.8) is 0 Å². The molecule has 2 N–H and O–H groups in total. The van der Waals surface area contributed by atoms with Gasteiger partial charge >= 0.3 is 15.5 Å². The summed E-state index contributed by atoms with van der Waals surface area (Å²) in [4.78, 5) is 8.58. The number of nitrogens with zero attached hydrogens (tertiary/aromatic N) is 3. The number of sulfonamides is 1. The molecule has 31 heavy (non-hydrogen) atoms. The fraction of sp³-hybridized carbons (Fsp3) is 0.474. The van der Waals surface area contributed by atoms with Gasteiger partial charge in [0.25, 0.3) is 0 Å². The van der Waals surface area contributed by atoms with Gasteiger partial charge in [-0.15, -0.1) is 24.0 Å². The minimum atomic E-state index is -5.27. The van der Waals surface area contributed by atoms with E-state index in [4.69, 9.17) is 0 Å². The molecule has 0 amide bonds. The molecule has 172 valence electrons. The summed E-state index contributed by atoms with van der Waals surface area (Å²) in [5, 5.41) is 7.42. The Bertz CT molecular complexity index is 1000. The predicted octanol–water partition coefficient (Wildman–Crippen LogP) is 2.87. The summed E-state index contributed by atoms with van der Waals surface area (Å²) in [5.41, 5.74) is -3.22. The Kier molecular flexibility index (Phi) is 8.89. The molecule has 3 rings (SSSR count). The average molecular weight is 571 g/mol. The van der Waals surface area contributed by atoms with E-state index in [0.717, 1.165) is 22.9 Å². The number of aromatic nitrogens is 1. The highest BCUT2D eigenvalue weighted by molar-refractivity contribution is 14.0. The first-order valence-corrected chi connectivity index (χ1v) is 11.0. The molecule has 0 spiro atoms. The molecule has 12 heteroatoms. The Hall–Kier alpha value is -1.67. The minimum Gasteiger partial charge on any atom is -0.356 e. The third kappa shape index (κ3) is 6.19. The van der Waals surface area contributed by atoms with Crippen LogP contribution in [0.5, 0.6) is 0 Å². The van der Waals surface area contributed by atoms with E-state index < -0.39 is 15.5 Å². The summed E-state index contributed by atoms with van der Waals surface area (Å²) in [6.07, 6.45) is 3.01. The Morgan fingerprint density at radius 1 is 1.23 bits per heavy atom. The molecule has 1 fully saturated rings. The maximum absolute atomic E-state index is 12.7. The number of para-hydroxylation sites is 1. The Morgan fingerprint density at radius 2 is 1.90 bits per heavy atom. The average Bonchev–Trinajstić information content (AvgIpc) is 2.72. The highest BCUT2D eigenvalue weighted by Crippen LogP contribution is 2.28. The number of nitrogens with one attached hydrogen (secondary N) is 2. The van der Waals surface area contributed by atoms with Crippen LogP contribution in [0.25, 0.3) is 10.9 Å². The van der Waals surface area contributed by atoms with Gasteiger partial charge < -0.3 is 10.6 Å². The zero-order valence-corrected chi connectivity index (χ0v) is 20.0. The Balaban J connectivity index is 0.00000341. The standard InChI is InChI=1S/C19H24F3N5O2S.HI/c1-23-18(25-11-7-15-5-2-4-14-6-3-10-24-17(14)15)26-16-8-12-27(13-9-16)30(28,29)19(20,21)22;/h2-6,10,16H,7-9,11-13H2,1H3,(H2,23,25,26);1H. The van der Waals surface area contributed by atoms with Gasteiger partial charge in [-0.1, -0.05) is 24.3 Å². The van der Waals surface area contributed by atoms with Crippen molar-refractivity contribution in [1.82, 2.24) is 19.9 Å². The molecule has 2 aromatic rings. The van der Waals surface area contributed by atoms with Gasteiger partial charge in [-0.05, 0) is 30.9 Å². The Labute approximate surface area is 196 Å². The molecule has 1 aliphatic rings. The molecular formula is C19H25F3IN5O2S. The molecule has 0 saturated carbocycles. The summed E-state index contributed by atoms with van der Waals surface area (Å²) in [7, 11) is -3.66. The molecule has 0 bridgehead atoms. The van der Waals surface area contributed by atoms with E-state index in [2.05, 4.69) is 20.6 Å². The highest BCUT2D eigenvalue weighted by Gasteiger charge is 2.50. The van der Waals surface area contributed by atoms with Crippen molar-refractivity contribution in [2.75, 3.05) is 26.7 Å². The summed E-state index contributed by atoms with van der Waals surface area (Å²) in [6.45, 7) is 0.229. The van der Waals surface area contributed by atoms with Crippen LogP contribution in [0.15, 0.2) is 41.5 Å². The predicted molar refractivity (Wildman–Crippen MR) is 125 cm³/mol. The zero-order chi connectivity index (χ0) is 21.8. The van der Waals surface area contributed by atoms with Crippen molar-refractivity contribution in [2.24, 2.45) is 4.99 Å². The number of fused-ring (bicyclic) bond motifs is 1. The van der Waals surface area contributed by atoms with Gasteiger partial charge in [0, 0.05) is 44.3 Å². The van der Waals surface area contributed by atoms with Gasteiger partial charge in [0.2, 0.25) is 0 Å². The quantitative estimate of drug-likeness (QED) is 0.328. The molecule has 0 atom stereocenters. The molecule has 1 aliphatic heterocycles. The topological polar surface area (TPSA) is 86.7 Å². The zero-order valence-electron chi connectivity index (χ0n) is 16.9. The maximum atomic E-state index is 12.7. The number of guanidine groups is 1. The van der Waals surface area contributed by atoms with Crippen LogP contribution in [0, 0.1) is 0 Å². The lowest BCUT2D eigenvalue weighted by atomic mass is 10.1. The number of benzene rings is 1. The third-order valence-electron chi connectivity index (χ3n) is 5.05. The van der Waals surface area contributed by atoms with Crippen molar-refractivity contribution in [1.29, 1.82) is 0 Å². The van der Waals surface area contributed by atoms with Crippen molar-refractivity contribution < 1.29 is 21.6 Å². The van der Waals surface area contributed by atoms with E-state index in [-0.39, 0.29) is 55.9 Å². The molecular weight excluding hydrogens is 546 g/mol. The van der Waals surface area contributed by atoms with Crippen LogP contribution >= 0.6 is 24.0 Å². The molecule has 1 saturated heterocycles. The van der Waals surface area contributed by atoms with E-state index >= 15 is 0 Å². The third-order valence-corrected chi connectivity index (χ3v) is 6.68. The van der Waals surface area contributed by atoms with E-state index in [1.165, 1.54) is 0 Å². The number of alkyl halides is 3. The normalized spacial score (nSPS) is 16.7. The molecule has 1 aromatic carbocycles. The molecule has 7 nitrogen and oxygen atoms in total. The number of pyridine rings is 1. The van der Waals surface area contributed by atoms with Gasteiger partial charge in [0.05, 0.1) is 5.52 Å². The van der Waals surface area contributed by atoms with Gasteiger partial charge in [-0.25, -0.2) is 8.42 Å². The number of halogens is 4. The van der Waals surface area contributed by atoms with Crippen molar-refractivity contribution >= 4 is 50.9 Å². The van der Waals surface area contributed by atoms with Gasteiger partial charge in [-0.2, -0.15) is 17.5 Å². The monoisotopic (exact) mass is 571 g/mol. The van der Waals surface area contributed by atoms with Crippen LogP contribution < -0.4 is 10.6 Å². The van der Waals surface area contributed by atoms with Crippen molar-refractivity contribution in [3.05, 3.63) is 42.1 Å². The SMILES string of the molecule is CN=C(NCCc1cccc2cccnc12)NC1CCN(S(=O)(=O)C(F)(F)F)CC1.I. The fourth-order valence-corrected chi connectivity index (χ4v) is 4.44. The lowest BCUT2D eigenvalue weighted by Crippen LogP contribution is -2.51. The smallest absolute Gasteiger partial charge is 0.356 e. The number of hydrogen-bond acceptors (Lipinski definition) is 4. The van der Waals surface area contributed by atoms with Crippen LogP contribution in [-0.2, 0) is 16.4 Å². The summed E-state index contributed by atoms with van der Waals surface area (Å²) in [5.74, 6) is 0.528. The number of rotatable bonds is 5. The number of aliphatic imine (C=N–C) groups is 1. The largest absolute Gasteiger partial charge is 0.511 e. The van der Waals surface area contributed by atoms with Crippen molar-refractivity contribution in [3.8, 4) is 0 Å². The second kappa shape index (κ2) is 10.8.